The molecule has 1 N–H and O–H groups in total. The van der Waals surface area contributed by atoms with Gasteiger partial charge in [0.2, 0.25) is 0 Å². The molecule has 0 bridgehead atoms. The SMILES string of the molecule is CCC[Si](CCC)CCOc1ccc(C(O)C(=O)c2ccc(OC)c(OC)c2)cc1OC. The van der Waals surface area contributed by atoms with Crippen molar-refractivity contribution in [3.05, 3.63) is 47.5 Å². The molecule has 7 heteroatoms. The van der Waals surface area contributed by atoms with E-state index in [1.165, 1.54) is 39.1 Å². The number of aliphatic hydroxyl groups excluding tert-OH is 1. The first-order valence-corrected chi connectivity index (χ1v) is 13.2. The number of carbonyl (C=O) groups excluding carboxylic acids is 1. The van der Waals surface area contributed by atoms with E-state index >= 15 is 0 Å². The Morgan fingerprint density at radius 1 is 0.844 bits per heavy atom. The fourth-order valence-corrected chi connectivity index (χ4v) is 6.21. The second kappa shape index (κ2) is 13.1. The zero-order valence-corrected chi connectivity index (χ0v) is 20.8. The van der Waals surface area contributed by atoms with Crippen LogP contribution < -0.4 is 18.9 Å². The van der Waals surface area contributed by atoms with Crippen molar-refractivity contribution in [2.75, 3.05) is 27.9 Å². The van der Waals surface area contributed by atoms with Crippen LogP contribution in [0.4, 0.5) is 0 Å². The monoisotopic (exact) mass is 459 g/mol. The average molecular weight is 460 g/mol. The van der Waals surface area contributed by atoms with Crippen LogP contribution in [0, 0.1) is 0 Å². The van der Waals surface area contributed by atoms with Crippen molar-refractivity contribution in [1.29, 1.82) is 0 Å². The van der Waals surface area contributed by atoms with Crippen molar-refractivity contribution in [1.82, 2.24) is 0 Å². The first kappa shape index (κ1) is 25.7. The molecule has 175 valence electrons. The molecule has 0 aliphatic carbocycles. The van der Waals surface area contributed by atoms with Gasteiger partial charge in [0.1, 0.15) is 6.10 Å². The highest BCUT2D eigenvalue weighted by molar-refractivity contribution is 6.58. The van der Waals surface area contributed by atoms with Crippen LogP contribution in [0.1, 0.15) is 48.7 Å². The Hall–Kier alpha value is -2.51. The third-order valence-corrected chi connectivity index (χ3v) is 8.67. The molecule has 0 saturated heterocycles. The zero-order chi connectivity index (χ0) is 23.5. The number of Topliss-reactive ketones (excluding diaryl/α,β-unsaturated/α-hetero) is 1. The molecule has 1 unspecified atom stereocenters. The molecule has 0 aliphatic heterocycles. The van der Waals surface area contributed by atoms with Crippen molar-refractivity contribution < 1.29 is 28.8 Å². The van der Waals surface area contributed by atoms with Gasteiger partial charge in [-0.05, 0) is 41.9 Å². The van der Waals surface area contributed by atoms with Crippen LogP contribution in [-0.2, 0) is 0 Å². The summed E-state index contributed by atoms with van der Waals surface area (Å²) < 4.78 is 21.9. The molecular weight excluding hydrogens is 424 g/mol. The second-order valence-electron chi connectivity index (χ2n) is 7.60. The summed E-state index contributed by atoms with van der Waals surface area (Å²) in [6, 6.07) is 13.6. The van der Waals surface area contributed by atoms with Crippen LogP contribution in [0.25, 0.3) is 0 Å². The van der Waals surface area contributed by atoms with Crippen LogP contribution in [0.15, 0.2) is 36.4 Å². The molecule has 2 aromatic rings. The fourth-order valence-electron chi connectivity index (χ4n) is 3.66. The van der Waals surface area contributed by atoms with Gasteiger partial charge in [-0.1, -0.05) is 44.8 Å². The molecule has 1 radical (unpaired) electrons. The summed E-state index contributed by atoms with van der Waals surface area (Å²) in [5.74, 6) is 1.63. The Bertz CT molecular complexity index is 864. The molecule has 2 aromatic carbocycles. The van der Waals surface area contributed by atoms with E-state index < -0.39 is 11.9 Å². The van der Waals surface area contributed by atoms with Gasteiger partial charge in [0, 0.05) is 5.56 Å². The van der Waals surface area contributed by atoms with Gasteiger partial charge in [-0.25, -0.2) is 0 Å². The van der Waals surface area contributed by atoms with E-state index in [2.05, 4.69) is 13.8 Å². The van der Waals surface area contributed by atoms with E-state index in [1.807, 2.05) is 0 Å². The van der Waals surface area contributed by atoms with E-state index in [4.69, 9.17) is 18.9 Å². The summed E-state index contributed by atoms with van der Waals surface area (Å²) in [6.45, 7) is 5.12. The Morgan fingerprint density at radius 3 is 2.03 bits per heavy atom. The number of methoxy groups -OCH3 is 3. The Morgan fingerprint density at radius 2 is 1.44 bits per heavy atom. The number of ketones is 1. The maximum absolute atomic E-state index is 12.9. The van der Waals surface area contributed by atoms with Gasteiger partial charge in [-0.3, -0.25) is 4.79 Å². The van der Waals surface area contributed by atoms with Gasteiger partial charge < -0.3 is 24.1 Å². The van der Waals surface area contributed by atoms with Crippen LogP contribution in [-0.4, -0.2) is 47.6 Å². The summed E-state index contributed by atoms with van der Waals surface area (Å²) in [5, 5.41) is 10.7. The standard InChI is InChI=1S/C25H35O6Si/c1-6-13-32(14-7-2)15-12-31-21-11-9-19(17-23(21)30-5)25(27)24(26)18-8-10-20(28-3)22(16-18)29-4/h8-11,16-17,25,27H,6-7,12-15H2,1-5H3. The van der Waals surface area contributed by atoms with Crippen molar-refractivity contribution in [2.24, 2.45) is 0 Å². The fraction of sp³-hybridized carbons (Fsp3) is 0.480. The lowest BCUT2D eigenvalue weighted by Crippen LogP contribution is -2.16. The van der Waals surface area contributed by atoms with Gasteiger partial charge in [-0.2, -0.15) is 0 Å². The molecule has 6 nitrogen and oxygen atoms in total. The highest BCUT2D eigenvalue weighted by atomic mass is 28.3. The van der Waals surface area contributed by atoms with Gasteiger partial charge in [0.05, 0.1) is 36.7 Å². The smallest absolute Gasteiger partial charge is 0.195 e. The maximum Gasteiger partial charge on any atom is 0.195 e. The number of ether oxygens (including phenoxy) is 4. The minimum atomic E-state index is -1.33. The second-order valence-corrected chi connectivity index (χ2v) is 10.6. The molecule has 0 saturated carbocycles. The largest absolute Gasteiger partial charge is 0.493 e. The van der Waals surface area contributed by atoms with Crippen LogP contribution >= 0.6 is 0 Å². The van der Waals surface area contributed by atoms with Crippen molar-refractivity contribution in [2.45, 2.75) is 50.9 Å². The summed E-state index contributed by atoms with van der Waals surface area (Å²) in [5.41, 5.74) is 0.770. The molecule has 2 rings (SSSR count). The van der Waals surface area contributed by atoms with E-state index in [-0.39, 0.29) is 8.80 Å². The zero-order valence-electron chi connectivity index (χ0n) is 19.8. The molecule has 0 aromatic heterocycles. The van der Waals surface area contributed by atoms with Gasteiger partial charge in [0.25, 0.3) is 0 Å². The number of rotatable bonds is 14. The predicted octanol–water partition coefficient (Wildman–Crippen LogP) is 5.32. The summed E-state index contributed by atoms with van der Waals surface area (Å²) in [6.07, 6.45) is 1.11. The van der Waals surface area contributed by atoms with Crippen molar-refractivity contribution in [3.8, 4) is 23.0 Å². The minimum absolute atomic E-state index is 0.330. The number of aliphatic hydroxyl groups is 1. The van der Waals surface area contributed by atoms with Crippen molar-refractivity contribution >= 4 is 14.6 Å². The molecule has 1 atom stereocenters. The van der Waals surface area contributed by atoms with E-state index in [0.717, 1.165) is 6.04 Å². The Labute approximate surface area is 193 Å². The van der Waals surface area contributed by atoms with Crippen molar-refractivity contribution in [3.63, 3.8) is 0 Å². The Balaban J connectivity index is 2.11. The van der Waals surface area contributed by atoms with Gasteiger partial charge >= 0.3 is 0 Å². The molecule has 0 amide bonds. The summed E-state index contributed by atoms with van der Waals surface area (Å²) in [4.78, 5) is 12.9. The van der Waals surface area contributed by atoms with Crippen LogP contribution in [0.3, 0.4) is 0 Å². The third kappa shape index (κ3) is 6.74. The Kier molecular flexibility index (Phi) is 10.6. The van der Waals surface area contributed by atoms with E-state index in [1.54, 1.807) is 43.5 Å². The molecular formula is C25H35O6Si. The number of hydrogen-bond donors (Lipinski definition) is 1. The summed E-state index contributed by atoms with van der Waals surface area (Å²) >= 11 is 0. The molecule has 0 fully saturated rings. The maximum atomic E-state index is 12.9. The summed E-state index contributed by atoms with van der Waals surface area (Å²) in [7, 11) is 4.20. The lowest BCUT2D eigenvalue weighted by Gasteiger charge is -2.17. The van der Waals surface area contributed by atoms with E-state index in [9.17, 15) is 9.90 Å². The molecule has 32 heavy (non-hydrogen) atoms. The lowest BCUT2D eigenvalue weighted by atomic mass is 9.99. The van der Waals surface area contributed by atoms with Crippen LogP contribution in [0.5, 0.6) is 23.0 Å². The van der Waals surface area contributed by atoms with Crippen LogP contribution in [0.2, 0.25) is 18.1 Å². The van der Waals surface area contributed by atoms with Gasteiger partial charge in [-0.15, -0.1) is 0 Å². The normalized spacial score (nSPS) is 11.8. The topological polar surface area (TPSA) is 74.2 Å². The van der Waals surface area contributed by atoms with Gasteiger partial charge in [0.15, 0.2) is 28.8 Å². The first-order valence-electron chi connectivity index (χ1n) is 11.1. The highest BCUT2D eigenvalue weighted by Crippen LogP contribution is 2.33. The minimum Gasteiger partial charge on any atom is -0.493 e. The first-order chi connectivity index (χ1) is 15.5. The third-order valence-electron chi connectivity index (χ3n) is 5.34. The quantitative estimate of drug-likeness (QED) is 0.304. The number of benzene rings is 2. The van der Waals surface area contributed by atoms with E-state index in [0.29, 0.717) is 40.7 Å². The number of carbonyl (C=O) groups is 1. The average Bonchev–Trinajstić information content (AvgIpc) is 2.82. The predicted molar refractivity (Wildman–Crippen MR) is 128 cm³/mol. The molecule has 0 aliphatic rings. The highest BCUT2D eigenvalue weighted by Gasteiger charge is 2.22. The number of hydrogen-bond acceptors (Lipinski definition) is 6. The lowest BCUT2D eigenvalue weighted by molar-refractivity contribution is 0.0746. The molecule has 0 heterocycles. The molecule has 0 spiro atoms.